The highest BCUT2D eigenvalue weighted by molar-refractivity contribution is 5.11. The molecule has 0 radical (unpaired) electrons. The average Bonchev–Trinajstić information content (AvgIpc) is 2.18. The summed E-state index contributed by atoms with van der Waals surface area (Å²) in [5.74, 6) is 1.77. The van der Waals surface area contributed by atoms with Crippen LogP contribution in [0.3, 0.4) is 0 Å². The second-order valence-corrected chi connectivity index (χ2v) is 4.91. The van der Waals surface area contributed by atoms with Crippen LogP contribution in [-0.4, -0.2) is 0 Å². The highest BCUT2D eigenvalue weighted by atomic mass is 14.3. The van der Waals surface area contributed by atoms with Crippen LogP contribution in [0.2, 0.25) is 0 Å². The Morgan fingerprint density at radius 2 is 2.08 bits per heavy atom. The molecule has 0 heteroatoms. The molecule has 2 aliphatic rings. The number of hydrogen-bond donors (Lipinski definition) is 0. The third-order valence-corrected chi connectivity index (χ3v) is 3.53. The van der Waals surface area contributed by atoms with E-state index >= 15 is 0 Å². The molecule has 2 atom stereocenters. The van der Waals surface area contributed by atoms with Crippen LogP contribution < -0.4 is 0 Å². The van der Waals surface area contributed by atoms with Gasteiger partial charge in [0.25, 0.3) is 0 Å². The second kappa shape index (κ2) is 3.69. The summed E-state index contributed by atoms with van der Waals surface area (Å²) in [6, 6.07) is 0. The lowest BCUT2D eigenvalue weighted by Crippen LogP contribution is -2.06. The molecule has 2 rings (SSSR count). The molecule has 0 aromatic carbocycles. The molecular formula is C13H20. The zero-order chi connectivity index (χ0) is 9.26. The smallest absolute Gasteiger partial charge is 0.0194 e. The van der Waals surface area contributed by atoms with Gasteiger partial charge in [-0.15, -0.1) is 0 Å². The van der Waals surface area contributed by atoms with Crippen molar-refractivity contribution in [3.05, 3.63) is 23.8 Å². The van der Waals surface area contributed by atoms with Crippen molar-refractivity contribution in [3.8, 4) is 0 Å². The van der Waals surface area contributed by atoms with Gasteiger partial charge in [0.05, 0.1) is 0 Å². The third-order valence-electron chi connectivity index (χ3n) is 3.53. The minimum atomic E-state index is 0.817. The monoisotopic (exact) mass is 176 g/mol. The molecule has 2 bridgehead atoms. The molecule has 0 nitrogen and oxygen atoms in total. The largest absolute Gasteiger partial charge is 0.0998 e. The fourth-order valence-corrected chi connectivity index (χ4v) is 2.85. The number of allylic oxidation sites excluding steroid dienone is 3. The lowest BCUT2D eigenvalue weighted by molar-refractivity contribution is 0.392. The highest BCUT2D eigenvalue weighted by Crippen LogP contribution is 2.36. The Balaban J connectivity index is 2.17. The molecule has 2 aliphatic carbocycles. The summed E-state index contributed by atoms with van der Waals surface area (Å²) in [6.45, 7) is 6.48. The lowest BCUT2D eigenvalue weighted by atomic mass is 9.85. The van der Waals surface area contributed by atoms with E-state index in [4.69, 9.17) is 0 Å². The summed E-state index contributed by atoms with van der Waals surface area (Å²) in [7, 11) is 0. The molecule has 0 amide bonds. The van der Waals surface area contributed by atoms with E-state index in [1.54, 1.807) is 5.57 Å². The SMILES string of the molecule is C=C1CCC2CCC(C=C(C)C2)C1. The Morgan fingerprint density at radius 3 is 2.92 bits per heavy atom. The summed E-state index contributed by atoms with van der Waals surface area (Å²) < 4.78 is 0. The Kier molecular flexibility index (Phi) is 2.57. The van der Waals surface area contributed by atoms with Crippen LogP contribution in [-0.2, 0) is 0 Å². The second-order valence-electron chi connectivity index (χ2n) is 4.91. The summed E-state index contributed by atoms with van der Waals surface area (Å²) in [5.41, 5.74) is 3.11. The maximum atomic E-state index is 4.17. The van der Waals surface area contributed by atoms with E-state index < -0.39 is 0 Å². The molecule has 0 aromatic heterocycles. The van der Waals surface area contributed by atoms with Crippen molar-refractivity contribution in [1.82, 2.24) is 0 Å². The minimum absolute atomic E-state index is 0.817. The van der Waals surface area contributed by atoms with Crippen molar-refractivity contribution in [1.29, 1.82) is 0 Å². The Hall–Kier alpha value is -0.520. The predicted molar refractivity (Wildman–Crippen MR) is 57.6 cm³/mol. The van der Waals surface area contributed by atoms with Gasteiger partial charge < -0.3 is 0 Å². The lowest BCUT2D eigenvalue weighted by Gasteiger charge is -2.20. The molecule has 0 spiro atoms. The van der Waals surface area contributed by atoms with E-state index in [0.29, 0.717) is 0 Å². The molecule has 1 saturated carbocycles. The molecule has 0 aliphatic heterocycles. The summed E-state index contributed by atoms with van der Waals surface area (Å²) in [5, 5.41) is 0. The van der Waals surface area contributed by atoms with Gasteiger partial charge in [-0.05, 0) is 57.3 Å². The molecule has 0 aromatic rings. The van der Waals surface area contributed by atoms with Gasteiger partial charge in [0.2, 0.25) is 0 Å². The Bertz CT molecular complexity index is 234. The maximum Gasteiger partial charge on any atom is -0.0194 e. The van der Waals surface area contributed by atoms with Gasteiger partial charge in [0.15, 0.2) is 0 Å². The first-order valence-corrected chi connectivity index (χ1v) is 5.58. The molecular weight excluding hydrogens is 156 g/mol. The van der Waals surface area contributed by atoms with Crippen molar-refractivity contribution in [2.75, 3.05) is 0 Å². The molecule has 13 heavy (non-hydrogen) atoms. The molecule has 2 unspecified atom stereocenters. The van der Waals surface area contributed by atoms with Gasteiger partial charge >= 0.3 is 0 Å². The van der Waals surface area contributed by atoms with Crippen LogP contribution >= 0.6 is 0 Å². The van der Waals surface area contributed by atoms with Crippen LogP contribution in [0, 0.1) is 11.8 Å². The number of hydrogen-bond acceptors (Lipinski definition) is 0. The summed E-state index contributed by atoms with van der Waals surface area (Å²) >= 11 is 0. The van der Waals surface area contributed by atoms with Crippen molar-refractivity contribution < 1.29 is 0 Å². The van der Waals surface area contributed by atoms with Crippen LogP contribution in [0.15, 0.2) is 23.8 Å². The molecule has 1 fully saturated rings. The maximum absolute atomic E-state index is 4.17. The van der Waals surface area contributed by atoms with E-state index in [-0.39, 0.29) is 0 Å². The first-order chi connectivity index (χ1) is 6.24. The Labute approximate surface area is 81.7 Å². The normalized spacial score (nSPS) is 34.8. The molecule has 0 heterocycles. The van der Waals surface area contributed by atoms with Crippen LogP contribution in [0.1, 0.15) is 45.4 Å². The predicted octanol–water partition coefficient (Wildman–Crippen LogP) is 4.09. The standard InChI is InChI=1S/C13H20/c1-10-3-4-12-5-6-13(7-10)9-11(2)8-12/h9,12-13H,1,3-8H2,2H3. The Morgan fingerprint density at radius 1 is 1.23 bits per heavy atom. The zero-order valence-electron chi connectivity index (χ0n) is 8.68. The van der Waals surface area contributed by atoms with E-state index in [2.05, 4.69) is 19.6 Å². The van der Waals surface area contributed by atoms with Crippen molar-refractivity contribution >= 4 is 0 Å². The van der Waals surface area contributed by atoms with E-state index in [0.717, 1.165) is 11.8 Å². The van der Waals surface area contributed by atoms with Gasteiger partial charge in [-0.3, -0.25) is 0 Å². The fourth-order valence-electron chi connectivity index (χ4n) is 2.85. The van der Waals surface area contributed by atoms with Gasteiger partial charge in [-0.1, -0.05) is 23.8 Å². The van der Waals surface area contributed by atoms with Crippen LogP contribution in [0.5, 0.6) is 0 Å². The van der Waals surface area contributed by atoms with E-state index in [1.807, 2.05) is 0 Å². The zero-order valence-corrected chi connectivity index (χ0v) is 8.68. The molecule has 72 valence electrons. The topological polar surface area (TPSA) is 0 Å². The fraction of sp³-hybridized carbons (Fsp3) is 0.692. The average molecular weight is 176 g/mol. The minimum Gasteiger partial charge on any atom is -0.0998 e. The van der Waals surface area contributed by atoms with Crippen molar-refractivity contribution in [2.45, 2.75) is 45.4 Å². The van der Waals surface area contributed by atoms with E-state index in [9.17, 15) is 0 Å². The van der Waals surface area contributed by atoms with Gasteiger partial charge in [0, 0.05) is 0 Å². The highest BCUT2D eigenvalue weighted by Gasteiger charge is 2.21. The van der Waals surface area contributed by atoms with Gasteiger partial charge in [-0.2, -0.15) is 0 Å². The van der Waals surface area contributed by atoms with Crippen molar-refractivity contribution in [2.24, 2.45) is 11.8 Å². The number of rotatable bonds is 0. The first kappa shape index (κ1) is 9.05. The molecule has 0 saturated heterocycles. The molecule has 0 N–H and O–H groups in total. The van der Waals surface area contributed by atoms with Crippen molar-refractivity contribution in [3.63, 3.8) is 0 Å². The van der Waals surface area contributed by atoms with Crippen LogP contribution in [0.4, 0.5) is 0 Å². The van der Waals surface area contributed by atoms with Crippen LogP contribution in [0.25, 0.3) is 0 Å². The first-order valence-electron chi connectivity index (χ1n) is 5.58. The third kappa shape index (κ3) is 2.24. The number of fused-ring (bicyclic) bond motifs is 3. The summed E-state index contributed by atoms with van der Waals surface area (Å²) in [4.78, 5) is 0. The van der Waals surface area contributed by atoms with Gasteiger partial charge in [-0.25, -0.2) is 0 Å². The quantitative estimate of drug-likeness (QED) is 0.488. The van der Waals surface area contributed by atoms with E-state index in [1.165, 1.54) is 44.1 Å². The summed E-state index contributed by atoms with van der Waals surface area (Å²) in [6.07, 6.45) is 10.6. The van der Waals surface area contributed by atoms with Gasteiger partial charge in [0.1, 0.15) is 0 Å².